The van der Waals surface area contributed by atoms with Crippen LogP contribution in [0.3, 0.4) is 0 Å². The second kappa shape index (κ2) is 8.22. The molecule has 0 aliphatic heterocycles. The van der Waals surface area contributed by atoms with Gasteiger partial charge in [-0.2, -0.15) is 0 Å². The molecule has 0 heterocycles. The van der Waals surface area contributed by atoms with E-state index in [1.165, 1.54) is 31.4 Å². The first-order valence-electron chi connectivity index (χ1n) is 7.58. The molecular weight excluding hydrogens is 334 g/mol. The average molecular weight is 355 g/mol. The predicted molar refractivity (Wildman–Crippen MR) is 87.0 cm³/mol. The van der Waals surface area contributed by atoms with E-state index in [2.05, 4.69) is 15.4 Å². The molecule has 1 aliphatic carbocycles. The maximum absolute atomic E-state index is 12.1. The summed E-state index contributed by atoms with van der Waals surface area (Å²) in [6, 6.07) is 5.67. The van der Waals surface area contributed by atoms with Crippen LogP contribution >= 0.6 is 0 Å². The van der Waals surface area contributed by atoms with Gasteiger partial charge in [0.2, 0.25) is 15.9 Å². The normalized spacial score (nSPS) is 14.2. The van der Waals surface area contributed by atoms with Crippen molar-refractivity contribution >= 4 is 21.8 Å². The number of hydrogen-bond donors (Lipinski definition) is 3. The summed E-state index contributed by atoms with van der Waals surface area (Å²) in [5.41, 5.74) is 0.344. The number of amides is 2. The molecule has 1 fully saturated rings. The van der Waals surface area contributed by atoms with E-state index in [9.17, 15) is 18.0 Å². The van der Waals surface area contributed by atoms with Gasteiger partial charge < -0.3 is 15.4 Å². The molecule has 0 saturated heterocycles. The summed E-state index contributed by atoms with van der Waals surface area (Å²) in [5, 5.41) is 5.34. The topological polar surface area (TPSA) is 114 Å². The number of methoxy groups -OCH3 is 1. The Morgan fingerprint density at radius 3 is 2.46 bits per heavy atom. The molecule has 8 nitrogen and oxygen atoms in total. The van der Waals surface area contributed by atoms with Gasteiger partial charge in [-0.3, -0.25) is 9.59 Å². The third kappa shape index (κ3) is 5.59. The van der Waals surface area contributed by atoms with E-state index in [1.54, 1.807) is 0 Å². The van der Waals surface area contributed by atoms with Crippen molar-refractivity contribution in [3.63, 3.8) is 0 Å². The minimum atomic E-state index is -3.80. The Morgan fingerprint density at radius 2 is 1.88 bits per heavy atom. The first-order chi connectivity index (χ1) is 11.4. The van der Waals surface area contributed by atoms with Crippen LogP contribution in [0, 0.1) is 0 Å². The van der Waals surface area contributed by atoms with Gasteiger partial charge >= 0.3 is 0 Å². The lowest BCUT2D eigenvalue weighted by atomic mass is 10.2. The highest BCUT2D eigenvalue weighted by Gasteiger charge is 2.24. The molecule has 2 amide bonds. The van der Waals surface area contributed by atoms with Crippen molar-refractivity contribution in [3.05, 3.63) is 29.8 Å². The van der Waals surface area contributed by atoms with Crippen LogP contribution in [0.15, 0.2) is 29.2 Å². The highest BCUT2D eigenvalue weighted by atomic mass is 32.2. The van der Waals surface area contributed by atoms with Crippen LogP contribution < -0.4 is 15.4 Å². The Balaban J connectivity index is 1.90. The van der Waals surface area contributed by atoms with E-state index in [0.717, 1.165) is 12.8 Å². The highest BCUT2D eigenvalue weighted by molar-refractivity contribution is 7.89. The molecular formula is C15H21N3O5S. The third-order valence-electron chi connectivity index (χ3n) is 3.38. The molecule has 0 radical (unpaired) electrons. The lowest BCUT2D eigenvalue weighted by Crippen LogP contribution is -2.37. The minimum absolute atomic E-state index is 0.00448. The first kappa shape index (κ1) is 18.4. The predicted octanol–water partition coefficient (Wildman–Crippen LogP) is -0.380. The smallest absolute Gasteiger partial charge is 0.251 e. The van der Waals surface area contributed by atoms with Crippen LogP contribution in [-0.4, -0.2) is 53.1 Å². The molecule has 1 saturated carbocycles. The highest BCUT2D eigenvalue weighted by Crippen LogP contribution is 2.18. The van der Waals surface area contributed by atoms with Crippen LogP contribution in [0.1, 0.15) is 23.2 Å². The van der Waals surface area contributed by atoms with E-state index in [0.29, 0.717) is 18.7 Å². The van der Waals surface area contributed by atoms with E-state index in [-0.39, 0.29) is 29.3 Å². The molecule has 9 heteroatoms. The summed E-state index contributed by atoms with van der Waals surface area (Å²) in [5.74, 6) is -0.664. The van der Waals surface area contributed by atoms with Crippen molar-refractivity contribution in [2.75, 3.05) is 26.8 Å². The molecule has 1 aliphatic rings. The zero-order chi connectivity index (χ0) is 17.6. The van der Waals surface area contributed by atoms with Gasteiger partial charge in [-0.05, 0) is 37.1 Å². The summed E-state index contributed by atoms with van der Waals surface area (Å²) in [6.45, 7) is 0.455. The molecule has 0 atom stereocenters. The van der Waals surface area contributed by atoms with E-state index >= 15 is 0 Å². The zero-order valence-electron chi connectivity index (χ0n) is 13.4. The van der Waals surface area contributed by atoms with Gasteiger partial charge in [-0.1, -0.05) is 0 Å². The Labute approximate surface area is 141 Å². The lowest BCUT2D eigenvalue weighted by molar-refractivity contribution is -0.120. The Morgan fingerprint density at radius 1 is 1.21 bits per heavy atom. The SMILES string of the molecule is COCCNC(=O)c1ccc(S(=O)(=O)NCC(=O)NC2CC2)cc1. The molecule has 1 aromatic carbocycles. The van der Waals surface area contributed by atoms with E-state index < -0.39 is 10.0 Å². The van der Waals surface area contributed by atoms with Crippen molar-refractivity contribution in [1.82, 2.24) is 15.4 Å². The third-order valence-corrected chi connectivity index (χ3v) is 4.80. The molecule has 0 unspecified atom stereocenters. The second-order valence-corrected chi connectivity index (χ2v) is 7.21. The molecule has 132 valence electrons. The molecule has 3 N–H and O–H groups in total. The lowest BCUT2D eigenvalue weighted by Gasteiger charge is -2.08. The zero-order valence-corrected chi connectivity index (χ0v) is 14.2. The second-order valence-electron chi connectivity index (χ2n) is 5.44. The van der Waals surface area contributed by atoms with E-state index in [4.69, 9.17) is 4.74 Å². The Kier molecular flexibility index (Phi) is 6.29. The van der Waals surface area contributed by atoms with Crippen LogP contribution in [-0.2, 0) is 19.6 Å². The molecule has 0 spiro atoms. The van der Waals surface area contributed by atoms with Crippen LogP contribution in [0.5, 0.6) is 0 Å². The van der Waals surface area contributed by atoms with Crippen molar-refractivity contribution in [2.45, 2.75) is 23.8 Å². The maximum atomic E-state index is 12.1. The quantitative estimate of drug-likeness (QED) is 0.523. The van der Waals surface area contributed by atoms with Crippen LogP contribution in [0.25, 0.3) is 0 Å². The summed E-state index contributed by atoms with van der Waals surface area (Å²) < 4.78 is 31.3. The van der Waals surface area contributed by atoms with Crippen molar-refractivity contribution < 1.29 is 22.7 Å². The Hall–Kier alpha value is -1.97. The van der Waals surface area contributed by atoms with Crippen molar-refractivity contribution in [1.29, 1.82) is 0 Å². The molecule has 1 aromatic rings. The van der Waals surface area contributed by atoms with Gasteiger partial charge in [0.25, 0.3) is 5.91 Å². The first-order valence-corrected chi connectivity index (χ1v) is 9.07. The standard InChI is InChI=1S/C15H21N3O5S/c1-23-9-8-16-15(20)11-2-6-13(7-3-11)24(21,22)17-10-14(19)18-12-4-5-12/h2-3,6-7,12,17H,4-5,8-10H2,1H3,(H,16,20)(H,18,19). The fraction of sp³-hybridized carbons (Fsp3) is 0.467. The van der Waals surface area contributed by atoms with E-state index in [1.807, 2.05) is 0 Å². The molecule has 24 heavy (non-hydrogen) atoms. The minimum Gasteiger partial charge on any atom is -0.383 e. The van der Waals surface area contributed by atoms with Gasteiger partial charge in [0.1, 0.15) is 0 Å². The van der Waals surface area contributed by atoms with Crippen molar-refractivity contribution in [3.8, 4) is 0 Å². The van der Waals surface area contributed by atoms with Gasteiger partial charge in [-0.15, -0.1) is 0 Å². The molecule has 2 rings (SSSR count). The summed E-state index contributed by atoms with van der Waals surface area (Å²) in [7, 11) is -2.27. The number of benzene rings is 1. The average Bonchev–Trinajstić information content (AvgIpc) is 3.37. The van der Waals surface area contributed by atoms with Crippen LogP contribution in [0.2, 0.25) is 0 Å². The number of nitrogens with one attached hydrogen (secondary N) is 3. The number of ether oxygens (including phenoxy) is 1. The number of carbonyl (C=O) groups excluding carboxylic acids is 2. The monoisotopic (exact) mass is 355 g/mol. The summed E-state index contributed by atoms with van der Waals surface area (Å²) >= 11 is 0. The summed E-state index contributed by atoms with van der Waals surface area (Å²) in [6.07, 6.45) is 1.87. The number of sulfonamides is 1. The number of hydrogen-bond acceptors (Lipinski definition) is 5. The number of carbonyl (C=O) groups is 2. The molecule has 0 bridgehead atoms. The molecule has 0 aromatic heterocycles. The van der Waals surface area contributed by atoms with Crippen LogP contribution in [0.4, 0.5) is 0 Å². The van der Waals surface area contributed by atoms with Gasteiger partial charge in [-0.25, -0.2) is 13.1 Å². The Bertz CT molecular complexity index is 684. The van der Waals surface area contributed by atoms with Gasteiger partial charge in [0, 0.05) is 25.3 Å². The van der Waals surface area contributed by atoms with Crippen molar-refractivity contribution in [2.24, 2.45) is 0 Å². The maximum Gasteiger partial charge on any atom is 0.251 e. The van der Waals surface area contributed by atoms with Gasteiger partial charge in [0.15, 0.2) is 0 Å². The number of rotatable bonds is 9. The largest absolute Gasteiger partial charge is 0.383 e. The van der Waals surface area contributed by atoms with Gasteiger partial charge in [0.05, 0.1) is 18.0 Å². The fourth-order valence-corrected chi connectivity index (χ4v) is 2.89. The summed E-state index contributed by atoms with van der Waals surface area (Å²) in [4.78, 5) is 23.4. The fourth-order valence-electron chi connectivity index (χ4n) is 1.90.